The van der Waals surface area contributed by atoms with Crippen LogP contribution in [-0.2, 0) is 33.2 Å². The Morgan fingerprint density at radius 2 is 1.19 bits per heavy atom. The monoisotopic (exact) mass is 906 g/mol. The third kappa shape index (κ3) is 8.48. The molecule has 8 rings (SSSR count). The molecule has 19 nitrogen and oxygen atoms in total. The molecule has 0 aromatic carbocycles. The van der Waals surface area contributed by atoms with Crippen LogP contribution in [0.15, 0.2) is 0 Å². The molecule has 19 heteroatoms. The summed E-state index contributed by atoms with van der Waals surface area (Å²) in [6.45, 7) is 7.07. The molecule has 4 aliphatic carbocycles. The van der Waals surface area contributed by atoms with Crippen molar-refractivity contribution in [1.82, 2.24) is 0 Å². The van der Waals surface area contributed by atoms with Gasteiger partial charge in [0.1, 0.15) is 73.2 Å². The number of hydrogen-bond donors (Lipinski definition) is 12. The molecule has 0 aromatic heterocycles. The van der Waals surface area contributed by atoms with Crippen LogP contribution in [0.5, 0.6) is 0 Å². The number of rotatable bonds is 12. The van der Waals surface area contributed by atoms with Crippen LogP contribution in [0, 0.1) is 52.3 Å². The second kappa shape index (κ2) is 18.6. The molecule has 8 fully saturated rings. The van der Waals surface area contributed by atoms with Crippen molar-refractivity contribution in [3.05, 3.63) is 0 Å². The largest absolute Gasteiger partial charge is 0.394 e. The van der Waals surface area contributed by atoms with E-state index in [9.17, 15) is 61.3 Å². The Labute approximate surface area is 368 Å². The van der Waals surface area contributed by atoms with Crippen LogP contribution in [0.4, 0.5) is 0 Å². The summed E-state index contributed by atoms with van der Waals surface area (Å²) < 4.78 is 42.0. The Morgan fingerprint density at radius 3 is 1.83 bits per heavy atom. The second-order valence-corrected chi connectivity index (χ2v) is 21.1. The van der Waals surface area contributed by atoms with Crippen molar-refractivity contribution in [3.8, 4) is 0 Å². The molecule has 63 heavy (non-hydrogen) atoms. The maximum atomic E-state index is 12.1. The third-order valence-corrected chi connectivity index (χ3v) is 17.6. The molecule has 4 saturated heterocycles. The van der Waals surface area contributed by atoms with E-state index in [0.717, 1.165) is 38.5 Å². The van der Waals surface area contributed by atoms with Crippen molar-refractivity contribution in [2.75, 3.05) is 26.4 Å². The van der Waals surface area contributed by atoms with E-state index in [1.165, 1.54) is 0 Å². The molecular formula is C44H74O19. The summed E-state index contributed by atoms with van der Waals surface area (Å²) >= 11 is 0. The highest BCUT2D eigenvalue weighted by Gasteiger charge is 2.68. The number of aliphatic hydroxyl groups excluding tert-OH is 11. The fraction of sp³-hybridized carbons (Fsp3) is 1.00. The number of hydrogen-bond acceptors (Lipinski definition) is 19. The SMILES string of the molecule is CC(CO[C@H]1O[C@@H](CO)[C@H](O)[C@@H](O)[C@@H]1O)C[C@@]1(O)OC2CC3C4CC[C@@H]5CC(O[C@@H]6O[C@H](CO)[C@H](O)[C@H](O)[C@H]6O[C@@H]6O[C@H](CO)[C@@H](O)[C@H](O)[C@H]6O)CC[C@]5(C)C4CC[C@]3(C)C2[C@@H]1C. The minimum absolute atomic E-state index is 0.0295. The Kier molecular flexibility index (Phi) is 14.4. The van der Waals surface area contributed by atoms with Gasteiger partial charge in [-0.3, -0.25) is 0 Å². The van der Waals surface area contributed by atoms with Crippen molar-refractivity contribution in [2.24, 2.45) is 52.3 Å². The van der Waals surface area contributed by atoms with Gasteiger partial charge in [0.2, 0.25) is 0 Å². The van der Waals surface area contributed by atoms with Gasteiger partial charge >= 0.3 is 0 Å². The topological polar surface area (TPSA) is 307 Å². The summed E-state index contributed by atoms with van der Waals surface area (Å²) in [5.74, 6) is 0.136. The van der Waals surface area contributed by atoms with Gasteiger partial charge in [-0.2, -0.15) is 0 Å². The Bertz CT molecular complexity index is 1540. The highest BCUT2D eigenvalue weighted by atomic mass is 16.8. The molecule has 8 aliphatic rings. The van der Waals surface area contributed by atoms with Gasteiger partial charge in [-0.15, -0.1) is 0 Å². The smallest absolute Gasteiger partial charge is 0.187 e. The van der Waals surface area contributed by atoms with Gasteiger partial charge in [0.25, 0.3) is 0 Å². The predicted molar refractivity (Wildman–Crippen MR) is 214 cm³/mol. The van der Waals surface area contributed by atoms with E-state index in [1.54, 1.807) is 0 Å². The highest BCUT2D eigenvalue weighted by Crippen LogP contribution is 2.71. The van der Waals surface area contributed by atoms with Crippen LogP contribution in [-0.4, -0.2) is 198 Å². The van der Waals surface area contributed by atoms with Crippen molar-refractivity contribution in [1.29, 1.82) is 0 Å². The first-order valence-corrected chi connectivity index (χ1v) is 23.4. The Balaban J connectivity index is 0.886. The first kappa shape index (κ1) is 48.7. The lowest BCUT2D eigenvalue weighted by molar-refractivity contribution is -0.373. The molecule has 4 aliphatic heterocycles. The summed E-state index contributed by atoms with van der Waals surface area (Å²) in [6, 6.07) is 0. The summed E-state index contributed by atoms with van der Waals surface area (Å²) in [6.07, 6.45) is -14.8. The van der Waals surface area contributed by atoms with Crippen molar-refractivity contribution < 1.29 is 94.4 Å². The van der Waals surface area contributed by atoms with E-state index < -0.39 is 118 Å². The van der Waals surface area contributed by atoms with Crippen LogP contribution in [0.25, 0.3) is 0 Å². The fourth-order valence-corrected chi connectivity index (χ4v) is 14.1. The molecule has 12 N–H and O–H groups in total. The van der Waals surface area contributed by atoms with Crippen LogP contribution in [0.2, 0.25) is 0 Å². The van der Waals surface area contributed by atoms with Crippen molar-refractivity contribution in [2.45, 2.75) is 196 Å². The maximum Gasteiger partial charge on any atom is 0.187 e. The van der Waals surface area contributed by atoms with Gasteiger partial charge in [0, 0.05) is 12.3 Å². The number of aliphatic hydroxyl groups is 12. The Hall–Kier alpha value is -0.760. The minimum Gasteiger partial charge on any atom is -0.394 e. The molecule has 4 heterocycles. The quantitative estimate of drug-likeness (QED) is 0.0928. The zero-order valence-electron chi connectivity index (χ0n) is 36.8. The van der Waals surface area contributed by atoms with E-state index in [2.05, 4.69) is 20.8 Å². The number of ether oxygens (including phenoxy) is 7. The van der Waals surface area contributed by atoms with Gasteiger partial charge in [0.15, 0.2) is 24.7 Å². The van der Waals surface area contributed by atoms with Crippen molar-refractivity contribution >= 4 is 0 Å². The first-order valence-electron chi connectivity index (χ1n) is 23.4. The standard InChI is InChI=1S/C44H74O19/c1-18(17-57-39-36(54)33(51)30(48)26(14-45)59-39)13-44(56)19(2)29-25(63-44)12-24-22-6-5-20-11-21(7-9-42(20,3)23(22)8-10-43(24,29)4)58-41-38(35(53)32(50)28(16-47)61-41)62-40-37(55)34(52)31(49)27(15-46)60-40/h18-41,45-56H,5-17H2,1-4H3/t18?,19-,20+,21?,22?,23?,24?,25?,26-,27+,28+,29?,30-,31+,32-,33+,34-,35-,36-,37+,38+,39-,40-,41+,42-,43-,44+/m0/s1. The molecule has 0 spiro atoms. The molecule has 0 amide bonds. The fourth-order valence-electron chi connectivity index (χ4n) is 14.1. The van der Waals surface area contributed by atoms with Gasteiger partial charge < -0.3 is 94.4 Å². The van der Waals surface area contributed by atoms with E-state index in [0.29, 0.717) is 42.9 Å². The first-order chi connectivity index (χ1) is 29.8. The average Bonchev–Trinajstić information content (AvgIpc) is 3.69. The van der Waals surface area contributed by atoms with Crippen LogP contribution < -0.4 is 0 Å². The van der Waals surface area contributed by atoms with Crippen LogP contribution in [0.1, 0.15) is 85.5 Å². The van der Waals surface area contributed by atoms with E-state index in [-0.39, 0.29) is 47.4 Å². The minimum atomic E-state index is -1.75. The van der Waals surface area contributed by atoms with Crippen LogP contribution >= 0.6 is 0 Å². The third-order valence-electron chi connectivity index (χ3n) is 17.6. The van der Waals surface area contributed by atoms with E-state index >= 15 is 0 Å². The summed E-state index contributed by atoms with van der Waals surface area (Å²) in [7, 11) is 0. The molecule has 4 saturated carbocycles. The predicted octanol–water partition coefficient (Wildman–Crippen LogP) is -2.17. The number of fused-ring (bicyclic) bond motifs is 7. The molecule has 0 radical (unpaired) electrons. The maximum absolute atomic E-state index is 12.1. The lowest BCUT2D eigenvalue weighted by atomic mass is 9.44. The summed E-state index contributed by atoms with van der Waals surface area (Å²) in [4.78, 5) is 0. The molecular weight excluding hydrogens is 832 g/mol. The Morgan fingerprint density at radius 1 is 0.619 bits per heavy atom. The van der Waals surface area contributed by atoms with Gasteiger partial charge in [-0.25, -0.2) is 0 Å². The molecule has 0 aromatic rings. The lowest BCUT2D eigenvalue weighted by Gasteiger charge is -2.61. The zero-order valence-corrected chi connectivity index (χ0v) is 36.8. The summed E-state index contributed by atoms with van der Waals surface area (Å²) in [5, 5.41) is 125. The lowest BCUT2D eigenvalue weighted by Crippen LogP contribution is -2.65. The molecule has 27 atom stereocenters. The second-order valence-electron chi connectivity index (χ2n) is 21.1. The van der Waals surface area contributed by atoms with Crippen LogP contribution in [0.3, 0.4) is 0 Å². The normalized spacial score (nSPS) is 56.3. The van der Waals surface area contributed by atoms with Crippen molar-refractivity contribution in [3.63, 3.8) is 0 Å². The van der Waals surface area contributed by atoms with Gasteiger partial charge in [0.05, 0.1) is 38.6 Å². The zero-order chi connectivity index (χ0) is 45.5. The molecule has 0 bridgehead atoms. The van der Waals surface area contributed by atoms with Gasteiger partial charge in [-0.1, -0.05) is 27.7 Å². The van der Waals surface area contributed by atoms with E-state index in [1.807, 2.05) is 6.92 Å². The molecule has 7 unspecified atom stereocenters. The van der Waals surface area contributed by atoms with Gasteiger partial charge in [-0.05, 0) is 97.7 Å². The van der Waals surface area contributed by atoms with E-state index in [4.69, 9.17) is 33.2 Å². The molecule has 364 valence electrons. The highest BCUT2D eigenvalue weighted by molar-refractivity contribution is 5.15. The average molecular weight is 907 g/mol. The summed E-state index contributed by atoms with van der Waals surface area (Å²) in [5.41, 5.74) is 0.00658.